The van der Waals surface area contributed by atoms with E-state index in [0.717, 1.165) is 6.92 Å². The van der Waals surface area contributed by atoms with Crippen molar-refractivity contribution in [3.05, 3.63) is 0 Å². The van der Waals surface area contributed by atoms with Gasteiger partial charge < -0.3 is 5.73 Å². The Kier molecular flexibility index (Phi) is 5.54. The SMILES string of the molecule is CCC(C)C(N)C(=O)OOC(=O)C(C)=O. The zero-order chi connectivity index (χ0) is 12.0. The fourth-order valence-corrected chi connectivity index (χ4v) is 0.679. The highest BCUT2D eigenvalue weighted by Gasteiger charge is 2.24. The Morgan fingerprint density at radius 1 is 1.27 bits per heavy atom. The number of carbonyl (C=O) groups excluding carboxylic acids is 3. The van der Waals surface area contributed by atoms with E-state index in [2.05, 4.69) is 9.78 Å². The molecular formula is C9H15NO5. The molecule has 0 heterocycles. The summed E-state index contributed by atoms with van der Waals surface area (Å²) in [7, 11) is 0. The molecule has 0 aliphatic rings. The number of Topliss-reactive ketones (excluding diaryl/α,β-unsaturated/α-hetero) is 1. The second-order valence-electron chi connectivity index (χ2n) is 3.24. The predicted molar refractivity (Wildman–Crippen MR) is 50.3 cm³/mol. The lowest BCUT2D eigenvalue weighted by molar-refractivity contribution is -0.258. The van der Waals surface area contributed by atoms with Gasteiger partial charge in [0, 0.05) is 6.92 Å². The van der Waals surface area contributed by atoms with Crippen molar-refractivity contribution in [2.75, 3.05) is 0 Å². The first-order chi connectivity index (χ1) is 6.90. The molecule has 0 aliphatic heterocycles. The molecule has 0 aromatic heterocycles. The van der Waals surface area contributed by atoms with Gasteiger partial charge in [-0.25, -0.2) is 19.4 Å². The molecule has 2 N–H and O–H groups in total. The molecule has 2 atom stereocenters. The summed E-state index contributed by atoms with van der Waals surface area (Å²) in [4.78, 5) is 40.3. The third kappa shape index (κ3) is 4.55. The molecule has 0 saturated carbocycles. The molecule has 86 valence electrons. The number of nitrogens with two attached hydrogens (primary N) is 1. The van der Waals surface area contributed by atoms with Crippen LogP contribution in [0, 0.1) is 5.92 Å². The van der Waals surface area contributed by atoms with Gasteiger partial charge in [-0.05, 0) is 5.92 Å². The van der Waals surface area contributed by atoms with Crippen LogP contribution in [0.4, 0.5) is 0 Å². The topological polar surface area (TPSA) is 95.7 Å². The maximum atomic E-state index is 11.1. The van der Waals surface area contributed by atoms with Gasteiger partial charge in [0.2, 0.25) is 5.78 Å². The van der Waals surface area contributed by atoms with Gasteiger partial charge in [0.25, 0.3) is 0 Å². The number of hydrogen-bond acceptors (Lipinski definition) is 6. The summed E-state index contributed by atoms with van der Waals surface area (Å²) in [5.41, 5.74) is 5.48. The van der Waals surface area contributed by atoms with E-state index in [4.69, 9.17) is 5.73 Å². The highest BCUT2D eigenvalue weighted by Crippen LogP contribution is 2.06. The maximum absolute atomic E-state index is 11.1. The fraction of sp³-hybridized carbons (Fsp3) is 0.667. The standard InChI is InChI=1S/C9H15NO5/c1-4-5(2)7(10)9(13)15-14-8(12)6(3)11/h5,7H,4,10H2,1-3H3. The van der Waals surface area contributed by atoms with E-state index < -0.39 is 23.8 Å². The average Bonchev–Trinajstić information content (AvgIpc) is 2.22. The molecule has 0 aromatic carbocycles. The molecule has 0 rings (SSSR count). The molecule has 2 unspecified atom stereocenters. The van der Waals surface area contributed by atoms with E-state index in [-0.39, 0.29) is 5.92 Å². The fourth-order valence-electron chi connectivity index (χ4n) is 0.679. The largest absolute Gasteiger partial charge is 0.421 e. The first-order valence-electron chi connectivity index (χ1n) is 4.59. The second-order valence-corrected chi connectivity index (χ2v) is 3.24. The van der Waals surface area contributed by atoms with Gasteiger partial charge in [0.15, 0.2) is 0 Å². The van der Waals surface area contributed by atoms with Crippen LogP contribution in [0.1, 0.15) is 27.2 Å². The quantitative estimate of drug-likeness (QED) is 0.403. The van der Waals surface area contributed by atoms with Gasteiger partial charge in [-0.2, -0.15) is 0 Å². The first-order valence-corrected chi connectivity index (χ1v) is 4.59. The molecule has 15 heavy (non-hydrogen) atoms. The average molecular weight is 217 g/mol. The molecule has 0 radical (unpaired) electrons. The summed E-state index contributed by atoms with van der Waals surface area (Å²) in [6.45, 7) is 4.63. The van der Waals surface area contributed by atoms with Crippen LogP contribution in [-0.4, -0.2) is 23.8 Å². The van der Waals surface area contributed by atoms with Gasteiger partial charge in [-0.1, -0.05) is 20.3 Å². The summed E-state index contributed by atoms with van der Waals surface area (Å²) in [6.07, 6.45) is 0.691. The Bertz CT molecular complexity index is 263. The van der Waals surface area contributed by atoms with E-state index in [0.29, 0.717) is 6.42 Å². The lowest BCUT2D eigenvalue weighted by Gasteiger charge is -2.14. The predicted octanol–water partition coefficient (Wildman–Crippen LogP) is -0.0498. The van der Waals surface area contributed by atoms with Crippen molar-refractivity contribution in [1.82, 2.24) is 0 Å². The van der Waals surface area contributed by atoms with Gasteiger partial charge >= 0.3 is 11.9 Å². The highest BCUT2D eigenvalue weighted by atomic mass is 17.2. The zero-order valence-electron chi connectivity index (χ0n) is 8.98. The minimum absolute atomic E-state index is 0.0893. The van der Waals surface area contributed by atoms with Crippen LogP contribution >= 0.6 is 0 Å². The zero-order valence-corrected chi connectivity index (χ0v) is 8.98. The Balaban J connectivity index is 4.04. The van der Waals surface area contributed by atoms with Crippen molar-refractivity contribution in [3.63, 3.8) is 0 Å². The van der Waals surface area contributed by atoms with Crippen LogP contribution in [0.2, 0.25) is 0 Å². The Hall–Kier alpha value is -1.43. The summed E-state index contributed by atoms with van der Waals surface area (Å²) < 4.78 is 0. The molecule has 0 aromatic rings. The van der Waals surface area contributed by atoms with Gasteiger partial charge in [0.05, 0.1) is 0 Å². The van der Waals surface area contributed by atoms with E-state index >= 15 is 0 Å². The third-order valence-electron chi connectivity index (χ3n) is 2.02. The lowest BCUT2D eigenvalue weighted by atomic mass is 10.0. The normalized spacial score (nSPS) is 13.9. The minimum atomic E-state index is -1.22. The Morgan fingerprint density at radius 2 is 1.80 bits per heavy atom. The van der Waals surface area contributed by atoms with Crippen LogP contribution < -0.4 is 5.73 Å². The minimum Gasteiger partial charge on any atom is -0.318 e. The molecule has 0 bridgehead atoms. The van der Waals surface area contributed by atoms with Crippen LogP contribution in [-0.2, 0) is 24.2 Å². The van der Waals surface area contributed by atoms with Crippen molar-refractivity contribution in [2.45, 2.75) is 33.2 Å². The molecule has 0 aliphatic carbocycles. The number of carbonyl (C=O) groups is 3. The van der Waals surface area contributed by atoms with Crippen molar-refractivity contribution >= 4 is 17.7 Å². The Morgan fingerprint density at radius 3 is 2.20 bits per heavy atom. The molecule has 6 nitrogen and oxygen atoms in total. The number of hydrogen-bond donors (Lipinski definition) is 1. The van der Waals surface area contributed by atoms with Crippen molar-refractivity contribution in [3.8, 4) is 0 Å². The van der Waals surface area contributed by atoms with Crippen LogP contribution in [0.5, 0.6) is 0 Å². The maximum Gasteiger partial charge on any atom is 0.421 e. The molecule has 0 fully saturated rings. The monoisotopic (exact) mass is 217 g/mol. The Labute approximate surface area is 87.6 Å². The third-order valence-corrected chi connectivity index (χ3v) is 2.02. The van der Waals surface area contributed by atoms with E-state index in [1.807, 2.05) is 6.92 Å². The van der Waals surface area contributed by atoms with Gasteiger partial charge in [0.1, 0.15) is 6.04 Å². The molecule has 0 amide bonds. The van der Waals surface area contributed by atoms with Crippen LogP contribution in [0.25, 0.3) is 0 Å². The molecule has 0 saturated heterocycles. The highest BCUT2D eigenvalue weighted by molar-refractivity contribution is 6.32. The number of ketones is 1. The molecule has 6 heteroatoms. The van der Waals surface area contributed by atoms with Crippen molar-refractivity contribution < 1.29 is 24.2 Å². The lowest BCUT2D eigenvalue weighted by Crippen LogP contribution is -2.38. The smallest absolute Gasteiger partial charge is 0.318 e. The van der Waals surface area contributed by atoms with Gasteiger partial charge in [-0.3, -0.25) is 4.79 Å². The summed E-state index contributed by atoms with van der Waals surface area (Å²) >= 11 is 0. The van der Waals surface area contributed by atoms with Crippen molar-refractivity contribution in [2.24, 2.45) is 11.7 Å². The number of rotatable bonds is 4. The van der Waals surface area contributed by atoms with E-state index in [1.165, 1.54) is 0 Å². The van der Waals surface area contributed by atoms with E-state index in [9.17, 15) is 14.4 Å². The van der Waals surface area contributed by atoms with Crippen LogP contribution in [0.3, 0.4) is 0 Å². The summed E-state index contributed by atoms with van der Waals surface area (Å²) in [6, 6.07) is -0.866. The molecular weight excluding hydrogens is 202 g/mol. The summed E-state index contributed by atoms with van der Waals surface area (Å²) in [5.74, 6) is -3.02. The van der Waals surface area contributed by atoms with Gasteiger partial charge in [-0.15, -0.1) is 0 Å². The first kappa shape index (κ1) is 13.6. The second kappa shape index (κ2) is 6.13. The molecule has 0 spiro atoms. The van der Waals surface area contributed by atoms with E-state index in [1.54, 1.807) is 6.92 Å². The van der Waals surface area contributed by atoms with Crippen LogP contribution in [0.15, 0.2) is 0 Å². The summed E-state index contributed by atoms with van der Waals surface area (Å²) in [5, 5.41) is 0. The van der Waals surface area contributed by atoms with Crippen molar-refractivity contribution in [1.29, 1.82) is 0 Å².